The molecule has 0 aliphatic heterocycles. The van der Waals surface area contributed by atoms with Gasteiger partial charge < -0.3 is 0 Å². The molecular weight excluding hydrogens is 232 g/mol. The Kier molecular flexibility index (Phi) is 4.79. The van der Waals surface area contributed by atoms with Crippen LogP contribution in [0.3, 0.4) is 0 Å². The van der Waals surface area contributed by atoms with Gasteiger partial charge in [0.2, 0.25) is 0 Å². The Hall–Kier alpha value is -1.11. The largest absolute Gasteiger partial charge is 0.299 e. The van der Waals surface area contributed by atoms with Gasteiger partial charge in [0.25, 0.3) is 0 Å². The first-order valence-electron chi connectivity index (χ1n) is 7.76. The van der Waals surface area contributed by atoms with Crippen molar-refractivity contribution in [2.45, 2.75) is 65.2 Å². The van der Waals surface area contributed by atoms with E-state index in [1.54, 1.807) is 0 Å². The van der Waals surface area contributed by atoms with E-state index in [4.69, 9.17) is 0 Å². The Morgan fingerprint density at radius 1 is 1.16 bits per heavy atom. The second-order valence-corrected chi connectivity index (χ2v) is 6.04. The minimum Gasteiger partial charge on any atom is -0.299 e. The lowest BCUT2D eigenvalue weighted by Gasteiger charge is -2.35. The molecule has 0 saturated heterocycles. The molecule has 0 amide bonds. The summed E-state index contributed by atoms with van der Waals surface area (Å²) in [6.07, 6.45) is 8.69. The fourth-order valence-electron chi connectivity index (χ4n) is 3.46. The molecule has 0 aromatic heterocycles. The molecule has 0 atom stereocenters. The third-order valence-corrected chi connectivity index (χ3v) is 4.96. The van der Waals surface area contributed by atoms with Crippen LogP contribution in [0, 0.1) is 12.3 Å². The SMILES string of the molecule is CCC1(C(=O)CCc2ccccc2C)CCCCC1. The highest BCUT2D eigenvalue weighted by molar-refractivity contribution is 5.85. The number of rotatable bonds is 5. The highest BCUT2D eigenvalue weighted by atomic mass is 16.1. The first-order chi connectivity index (χ1) is 9.18. The standard InChI is InChI=1S/C18H26O/c1-3-18(13-7-4-8-14-18)17(19)12-11-16-10-6-5-9-15(16)2/h5-6,9-10H,3-4,7-8,11-14H2,1-2H3. The number of aryl methyl sites for hydroxylation is 2. The summed E-state index contributed by atoms with van der Waals surface area (Å²) in [5.41, 5.74) is 2.66. The van der Waals surface area contributed by atoms with Gasteiger partial charge in [-0.2, -0.15) is 0 Å². The van der Waals surface area contributed by atoms with Crippen molar-refractivity contribution >= 4 is 5.78 Å². The third-order valence-electron chi connectivity index (χ3n) is 4.96. The second-order valence-electron chi connectivity index (χ2n) is 6.04. The first-order valence-corrected chi connectivity index (χ1v) is 7.76. The molecule has 1 nitrogen and oxygen atoms in total. The Bertz CT molecular complexity index is 427. The van der Waals surface area contributed by atoms with Gasteiger partial charge in [-0.15, -0.1) is 0 Å². The van der Waals surface area contributed by atoms with Crippen molar-refractivity contribution in [2.24, 2.45) is 5.41 Å². The van der Waals surface area contributed by atoms with E-state index in [1.807, 2.05) is 0 Å². The van der Waals surface area contributed by atoms with Crippen molar-refractivity contribution in [1.82, 2.24) is 0 Å². The minimum absolute atomic E-state index is 0.0148. The molecule has 0 N–H and O–H groups in total. The molecule has 1 aromatic carbocycles. The van der Waals surface area contributed by atoms with E-state index in [0.717, 1.165) is 32.1 Å². The van der Waals surface area contributed by atoms with E-state index >= 15 is 0 Å². The molecule has 1 aliphatic rings. The molecule has 2 rings (SSSR count). The summed E-state index contributed by atoms with van der Waals surface area (Å²) in [6.45, 7) is 4.33. The highest BCUT2D eigenvalue weighted by Crippen LogP contribution is 2.41. The fourth-order valence-corrected chi connectivity index (χ4v) is 3.46. The zero-order chi connectivity index (χ0) is 13.7. The number of carbonyl (C=O) groups is 1. The van der Waals surface area contributed by atoms with Crippen molar-refractivity contribution < 1.29 is 4.79 Å². The molecule has 1 fully saturated rings. The van der Waals surface area contributed by atoms with E-state index in [0.29, 0.717) is 5.78 Å². The second kappa shape index (κ2) is 6.36. The Morgan fingerprint density at radius 3 is 2.47 bits per heavy atom. The van der Waals surface area contributed by atoms with Crippen LogP contribution in [0.4, 0.5) is 0 Å². The van der Waals surface area contributed by atoms with Crippen LogP contribution in [0.2, 0.25) is 0 Å². The van der Waals surface area contributed by atoms with Crippen LogP contribution < -0.4 is 0 Å². The normalized spacial score (nSPS) is 18.2. The van der Waals surface area contributed by atoms with Crippen molar-refractivity contribution in [3.8, 4) is 0 Å². The number of ketones is 1. The van der Waals surface area contributed by atoms with Crippen LogP contribution in [0.25, 0.3) is 0 Å². The molecule has 1 saturated carbocycles. The lowest BCUT2D eigenvalue weighted by Crippen LogP contribution is -2.33. The summed E-state index contributed by atoms with van der Waals surface area (Å²) in [5.74, 6) is 0.512. The summed E-state index contributed by atoms with van der Waals surface area (Å²) in [5, 5.41) is 0. The number of hydrogen-bond acceptors (Lipinski definition) is 1. The van der Waals surface area contributed by atoms with E-state index in [1.165, 1.54) is 30.4 Å². The molecule has 1 aliphatic carbocycles. The molecule has 0 unspecified atom stereocenters. The molecule has 1 heteroatoms. The maximum Gasteiger partial charge on any atom is 0.139 e. The number of hydrogen-bond donors (Lipinski definition) is 0. The molecule has 0 spiro atoms. The third kappa shape index (κ3) is 3.26. The van der Waals surface area contributed by atoms with E-state index in [-0.39, 0.29) is 5.41 Å². The van der Waals surface area contributed by atoms with Crippen LogP contribution in [0.5, 0.6) is 0 Å². The fraction of sp³-hybridized carbons (Fsp3) is 0.611. The zero-order valence-electron chi connectivity index (χ0n) is 12.4. The van der Waals surface area contributed by atoms with Gasteiger partial charge in [0, 0.05) is 11.8 Å². The van der Waals surface area contributed by atoms with Crippen molar-refractivity contribution in [1.29, 1.82) is 0 Å². The topological polar surface area (TPSA) is 17.1 Å². The van der Waals surface area contributed by atoms with Crippen LogP contribution >= 0.6 is 0 Å². The first kappa shape index (κ1) is 14.3. The Balaban J connectivity index is 1.98. The van der Waals surface area contributed by atoms with Crippen molar-refractivity contribution in [3.05, 3.63) is 35.4 Å². The molecule has 19 heavy (non-hydrogen) atoms. The summed E-state index contributed by atoms with van der Waals surface area (Å²) < 4.78 is 0. The average Bonchev–Trinajstić information content (AvgIpc) is 2.46. The minimum atomic E-state index is 0.0148. The number of carbonyl (C=O) groups excluding carboxylic acids is 1. The van der Waals surface area contributed by atoms with Gasteiger partial charge in [-0.1, -0.05) is 50.5 Å². The number of benzene rings is 1. The van der Waals surface area contributed by atoms with Gasteiger partial charge in [0.1, 0.15) is 5.78 Å². The Morgan fingerprint density at radius 2 is 1.84 bits per heavy atom. The van der Waals surface area contributed by atoms with Crippen molar-refractivity contribution in [3.63, 3.8) is 0 Å². The highest BCUT2D eigenvalue weighted by Gasteiger charge is 2.36. The van der Waals surface area contributed by atoms with Crippen LogP contribution in [0.15, 0.2) is 24.3 Å². The smallest absolute Gasteiger partial charge is 0.139 e. The molecular formula is C18H26O. The summed E-state index contributed by atoms with van der Waals surface area (Å²) in [6, 6.07) is 8.43. The maximum absolute atomic E-state index is 12.6. The zero-order valence-corrected chi connectivity index (χ0v) is 12.4. The van der Waals surface area contributed by atoms with Crippen LogP contribution in [-0.4, -0.2) is 5.78 Å². The average molecular weight is 258 g/mol. The quantitative estimate of drug-likeness (QED) is 0.737. The van der Waals surface area contributed by atoms with Crippen LogP contribution in [0.1, 0.15) is 63.0 Å². The van der Waals surface area contributed by atoms with E-state index in [2.05, 4.69) is 38.1 Å². The van der Waals surface area contributed by atoms with E-state index < -0.39 is 0 Å². The molecule has 0 heterocycles. The monoisotopic (exact) mass is 258 g/mol. The summed E-state index contributed by atoms with van der Waals surface area (Å²) >= 11 is 0. The predicted octanol–water partition coefficient (Wildman–Crippen LogP) is 4.86. The van der Waals surface area contributed by atoms with Gasteiger partial charge in [0.05, 0.1) is 0 Å². The van der Waals surface area contributed by atoms with Gasteiger partial charge in [-0.05, 0) is 43.7 Å². The predicted molar refractivity (Wildman–Crippen MR) is 80.3 cm³/mol. The molecule has 1 aromatic rings. The van der Waals surface area contributed by atoms with Crippen molar-refractivity contribution in [2.75, 3.05) is 0 Å². The molecule has 0 radical (unpaired) electrons. The van der Waals surface area contributed by atoms with Gasteiger partial charge >= 0.3 is 0 Å². The maximum atomic E-state index is 12.6. The van der Waals surface area contributed by atoms with Gasteiger partial charge in [-0.25, -0.2) is 0 Å². The lowest BCUT2D eigenvalue weighted by molar-refractivity contribution is -0.130. The Labute approximate surface area is 117 Å². The van der Waals surface area contributed by atoms with E-state index in [9.17, 15) is 4.79 Å². The van der Waals surface area contributed by atoms with Crippen LogP contribution in [-0.2, 0) is 11.2 Å². The van der Waals surface area contributed by atoms with Gasteiger partial charge in [0.15, 0.2) is 0 Å². The molecule has 104 valence electrons. The summed E-state index contributed by atoms with van der Waals surface area (Å²) in [4.78, 5) is 12.6. The summed E-state index contributed by atoms with van der Waals surface area (Å²) in [7, 11) is 0. The number of Topliss-reactive ketones (excluding diaryl/α,β-unsaturated/α-hetero) is 1. The lowest BCUT2D eigenvalue weighted by atomic mass is 9.68. The molecule has 0 bridgehead atoms. The van der Waals surface area contributed by atoms with Gasteiger partial charge in [-0.3, -0.25) is 4.79 Å².